The smallest absolute Gasteiger partial charge is 0.239 e. The van der Waals surface area contributed by atoms with Crippen LogP contribution >= 0.6 is 15.9 Å². The number of fused-ring (bicyclic) bond motifs is 1. The van der Waals surface area contributed by atoms with Crippen molar-refractivity contribution in [1.29, 1.82) is 0 Å². The first-order valence-corrected chi connectivity index (χ1v) is 4.64. The minimum Gasteiger partial charge on any atom is -0.295 e. The Balaban J connectivity index is 2.09. The molecule has 2 rings (SSSR count). The van der Waals surface area contributed by atoms with Crippen molar-refractivity contribution in [2.75, 3.05) is 6.54 Å². The summed E-state index contributed by atoms with van der Waals surface area (Å²) >= 11 is 3.41. The molecule has 0 aromatic heterocycles. The zero-order chi connectivity index (χ0) is 7.84. The highest BCUT2D eigenvalue weighted by molar-refractivity contribution is 9.09. The van der Waals surface area contributed by atoms with E-state index in [0.29, 0.717) is 6.42 Å². The lowest BCUT2D eigenvalue weighted by Gasteiger charge is -2.29. The van der Waals surface area contributed by atoms with E-state index < -0.39 is 0 Å². The van der Waals surface area contributed by atoms with E-state index in [0.717, 1.165) is 13.0 Å². The second kappa shape index (κ2) is 2.73. The van der Waals surface area contributed by atoms with Crippen LogP contribution in [-0.4, -0.2) is 28.6 Å². The molecule has 0 radical (unpaired) electrons. The Morgan fingerprint density at radius 3 is 3.18 bits per heavy atom. The van der Waals surface area contributed by atoms with Gasteiger partial charge in [0.15, 0.2) is 0 Å². The molecule has 1 amide bonds. The van der Waals surface area contributed by atoms with E-state index in [9.17, 15) is 4.79 Å². The van der Waals surface area contributed by atoms with Crippen molar-refractivity contribution in [1.82, 2.24) is 15.8 Å². The fourth-order valence-corrected chi connectivity index (χ4v) is 2.06. The summed E-state index contributed by atoms with van der Waals surface area (Å²) in [6.45, 7) is 0.807. The summed E-state index contributed by atoms with van der Waals surface area (Å²) in [4.78, 5) is 11.5. The van der Waals surface area contributed by atoms with Gasteiger partial charge in [-0.1, -0.05) is 15.9 Å². The van der Waals surface area contributed by atoms with Gasteiger partial charge in [-0.2, -0.15) is 0 Å². The summed E-state index contributed by atoms with van der Waals surface area (Å²) in [5.41, 5.74) is 3.04. The minimum absolute atomic E-state index is 0.190. The summed E-state index contributed by atoms with van der Waals surface area (Å²) < 4.78 is 0. The van der Waals surface area contributed by atoms with Crippen LogP contribution in [0.4, 0.5) is 0 Å². The monoisotopic (exact) mass is 219 g/mol. The van der Waals surface area contributed by atoms with Crippen molar-refractivity contribution < 1.29 is 4.79 Å². The van der Waals surface area contributed by atoms with Gasteiger partial charge in [0.2, 0.25) is 5.91 Å². The molecule has 0 aromatic rings. The Hall–Kier alpha value is -0.130. The quantitative estimate of drug-likeness (QED) is 0.437. The third-order valence-electron chi connectivity index (χ3n) is 2.01. The maximum Gasteiger partial charge on any atom is 0.239 e. The van der Waals surface area contributed by atoms with Crippen molar-refractivity contribution >= 4 is 21.8 Å². The predicted molar refractivity (Wildman–Crippen MR) is 43.7 cm³/mol. The lowest BCUT2D eigenvalue weighted by molar-refractivity contribution is -0.138. The van der Waals surface area contributed by atoms with Gasteiger partial charge >= 0.3 is 0 Å². The second-order valence-electron chi connectivity index (χ2n) is 2.82. The van der Waals surface area contributed by atoms with Gasteiger partial charge < -0.3 is 0 Å². The summed E-state index contributed by atoms with van der Waals surface area (Å²) in [7, 11) is 0. The van der Waals surface area contributed by atoms with Crippen LogP contribution in [0, 0.1) is 0 Å². The summed E-state index contributed by atoms with van der Waals surface area (Å²) in [6, 6.07) is 0. The van der Waals surface area contributed by atoms with Gasteiger partial charge in [-0.15, -0.1) is 0 Å². The number of amides is 1. The molecule has 4 nitrogen and oxygen atoms in total. The Morgan fingerprint density at radius 1 is 1.64 bits per heavy atom. The molecule has 2 heterocycles. The highest BCUT2D eigenvalue weighted by Crippen LogP contribution is 2.19. The van der Waals surface area contributed by atoms with Gasteiger partial charge in [0.1, 0.15) is 6.17 Å². The summed E-state index contributed by atoms with van der Waals surface area (Å²) in [5, 5.41) is 4.94. The number of nitrogens with zero attached hydrogens (tertiary/aromatic N) is 1. The molecule has 62 valence electrons. The molecule has 2 N–H and O–H groups in total. The van der Waals surface area contributed by atoms with Crippen molar-refractivity contribution in [2.45, 2.75) is 24.0 Å². The van der Waals surface area contributed by atoms with E-state index in [1.165, 1.54) is 0 Å². The first kappa shape index (κ1) is 7.52. The van der Waals surface area contributed by atoms with Gasteiger partial charge in [-0.3, -0.25) is 15.1 Å². The van der Waals surface area contributed by atoms with E-state index in [1.807, 2.05) is 0 Å². The average Bonchev–Trinajstić information content (AvgIpc) is 2.31. The predicted octanol–water partition coefficient (Wildman–Crippen LogP) is -0.236. The fraction of sp³-hybridized carbons (Fsp3) is 0.833. The van der Waals surface area contributed by atoms with E-state index in [1.54, 1.807) is 5.01 Å². The molecule has 0 saturated carbocycles. The molecule has 0 aromatic carbocycles. The van der Waals surface area contributed by atoms with Gasteiger partial charge in [0, 0.05) is 19.4 Å². The number of rotatable bonds is 0. The topological polar surface area (TPSA) is 44.4 Å². The SMILES string of the molecule is O=C1CCNC2CC(Br)NN12. The number of nitrogens with one attached hydrogen (secondary N) is 2. The molecule has 2 atom stereocenters. The zero-order valence-corrected chi connectivity index (χ0v) is 7.60. The molecular formula is C6H10BrN3O. The lowest BCUT2D eigenvalue weighted by Crippen LogP contribution is -2.54. The van der Waals surface area contributed by atoms with E-state index in [4.69, 9.17) is 0 Å². The largest absolute Gasteiger partial charge is 0.295 e. The molecule has 0 aliphatic carbocycles. The molecule has 11 heavy (non-hydrogen) atoms. The van der Waals surface area contributed by atoms with Gasteiger partial charge in [0.05, 0.1) is 4.95 Å². The number of hydrazine groups is 1. The van der Waals surface area contributed by atoms with Crippen molar-refractivity contribution in [3.8, 4) is 0 Å². The molecule has 2 saturated heterocycles. The highest BCUT2D eigenvalue weighted by Gasteiger charge is 2.35. The number of carbonyl (C=O) groups is 1. The Kier molecular flexibility index (Phi) is 1.86. The third kappa shape index (κ3) is 1.28. The zero-order valence-electron chi connectivity index (χ0n) is 6.01. The normalized spacial score (nSPS) is 37.5. The number of carbonyl (C=O) groups excluding carboxylic acids is 1. The number of hydrogen-bond acceptors (Lipinski definition) is 3. The molecular weight excluding hydrogens is 210 g/mol. The maximum absolute atomic E-state index is 11.2. The highest BCUT2D eigenvalue weighted by atomic mass is 79.9. The standard InChI is InChI=1S/C6H10BrN3O/c7-4-3-5-8-2-1-6(11)10(5)9-4/h4-5,8-9H,1-3H2. The van der Waals surface area contributed by atoms with Crippen LogP contribution in [0.15, 0.2) is 0 Å². The van der Waals surface area contributed by atoms with Crippen LogP contribution in [0.5, 0.6) is 0 Å². The first-order chi connectivity index (χ1) is 5.27. The molecule has 2 aliphatic rings. The van der Waals surface area contributed by atoms with Crippen LogP contribution in [0.3, 0.4) is 0 Å². The molecule has 5 heteroatoms. The Morgan fingerprint density at radius 2 is 2.45 bits per heavy atom. The lowest BCUT2D eigenvalue weighted by atomic mass is 10.2. The van der Waals surface area contributed by atoms with Crippen LogP contribution in [0.1, 0.15) is 12.8 Å². The van der Waals surface area contributed by atoms with Crippen molar-refractivity contribution in [2.24, 2.45) is 0 Å². The summed E-state index contributed by atoms with van der Waals surface area (Å²) in [6.07, 6.45) is 1.73. The second-order valence-corrected chi connectivity index (χ2v) is 3.92. The van der Waals surface area contributed by atoms with Crippen molar-refractivity contribution in [3.63, 3.8) is 0 Å². The van der Waals surface area contributed by atoms with Gasteiger partial charge in [-0.05, 0) is 0 Å². The average molecular weight is 220 g/mol. The van der Waals surface area contributed by atoms with Gasteiger partial charge in [0.25, 0.3) is 0 Å². The molecule has 0 bridgehead atoms. The number of halogens is 1. The maximum atomic E-state index is 11.2. The van der Waals surface area contributed by atoms with Crippen LogP contribution in [0.25, 0.3) is 0 Å². The molecule has 0 spiro atoms. The summed E-state index contributed by atoms with van der Waals surface area (Å²) in [5.74, 6) is 0.190. The Labute approximate surface area is 73.4 Å². The minimum atomic E-state index is 0.190. The molecule has 2 aliphatic heterocycles. The van der Waals surface area contributed by atoms with Crippen molar-refractivity contribution in [3.05, 3.63) is 0 Å². The van der Waals surface area contributed by atoms with Crippen LogP contribution in [0.2, 0.25) is 0 Å². The Bertz CT molecular complexity index is 187. The van der Waals surface area contributed by atoms with E-state index in [2.05, 4.69) is 26.7 Å². The molecule has 2 fully saturated rings. The number of alkyl halides is 1. The third-order valence-corrected chi connectivity index (χ3v) is 2.59. The van der Waals surface area contributed by atoms with Gasteiger partial charge in [-0.25, -0.2) is 5.43 Å². The van der Waals surface area contributed by atoms with Crippen LogP contribution in [-0.2, 0) is 4.79 Å². The van der Waals surface area contributed by atoms with E-state index >= 15 is 0 Å². The van der Waals surface area contributed by atoms with E-state index in [-0.39, 0.29) is 17.0 Å². The number of hydrogen-bond donors (Lipinski definition) is 2. The molecule has 2 unspecified atom stereocenters. The fourth-order valence-electron chi connectivity index (χ4n) is 1.48. The van der Waals surface area contributed by atoms with Crippen LogP contribution < -0.4 is 10.7 Å². The first-order valence-electron chi connectivity index (χ1n) is 3.73.